The van der Waals surface area contributed by atoms with E-state index in [1.807, 2.05) is 37.3 Å². The number of anilines is 1. The number of nitrogens with one attached hydrogen (secondary N) is 3. The summed E-state index contributed by atoms with van der Waals surface area (Å²) >= 11 is 0. The normalized spacial score (nSPS) is 15.3. The van der Waals surface area contributed by atoms with E-state index in [1.54, 1.807) is 24.4 Å². The number of amides is 2. The van der Waals surface area contributed by atoms with Crippen molar-refractivity contribution in [3.8, 4) is 11.5 Å². The zero-order valence-electron chi connectivity index (χ0n) is 16.1. The number of rotatable bonds is 4. The molecule has 7 nitrogen and oxygen atoms in total. The number of para-hydroxylation sites is 2. The number of carbonyl (C=O) groups is 2. The van der Waals surface area contributed by atoms with Crippen LogP contribution in [0.4, 0.5) is 5.69 Å². The number of carbonyl (C=O) groups excluding carboxylic acids is 2. The molecule has 148 valence electrons. The van der Waals surface area contributed by atoms with Gasteiger partial charge in [0.05, 0.1) is 11.9 Å². The first-order valence-electron chi connectivity index (χ1n) is 9.55. The van der Waals surface area contributed by atoms with Crippen LogP contribution in [0.2, 0.25) is 0 Å². The van der Waals surface area contributed by atoms with Crippen molar-refractivity contribution in [1.82, 2.24) is 15.5 Å². The van der Waals surface area contributed by atoms with Crippen LogP contribution < -0.4 is 15.4 Å². The van der Waals surface area contributed by atoms with Crippen LogP contribution in [0.3, 0.4) is 0 Å². The number of fused-ring (bicyclic) bond motifs is 1. The molecule has 2 aromatic carbocycles. The molecule has 0 fully saturated rings. The van der Waals surface area contributed by atoms with E-state index in [2.05, 4.69) is 20.8 Å². The Labute approximate surface area is 168 Å². The number of nitrogens with zero attached hydrogens (tertiary/aromatic N) is 1. The second kappa shape index (κ2) is 8.18. The summed E-state index contributed by atoms with van der Waals surface area (Å²) in [6.45, 7) is 1.97. The molecular weight excluding hydrogens is 368 g/mol. The average Bonchev–Trinajstić information content (AvgIpc) is 3.17. The third-order valence-electron chi connectivity index (χ3n) is 4.91. The third kappa shape index (κ3) is 4.45. The van der Waals surface area contributed by atoms with Crippen LogP contribution >= 0.6 is 0 Å². The minimum atomic E-state index is -0.719. The van der Waals surface area contributed by atoms with Crippen LogP contribution in [-0.4, -0.2) is 28.1 Å². The fraction of sp³-hybridized carbons (Fsp3) is 0.227. The van der Waals surface area contributed by atoms with Crippen molar-refractivity contribution in [2.24, 2.45) is 0 Å². The monoisotopic (exact) mass is 390 g/mol. The Hall–Kier alpha value is -3.61. The number of aromatic nitrogens is 2. The molecule has 3 aromatic rings. The molecule has 1 heterocycles. The molecule has 7 heteroatoms. The highest BCUT2D eigenvalue weighted by Crippen LogP contribution is 2.29. The molecule has 0 spiro atoms. The number of H-pyrrole nitrogens is 1. The van der Waals surface area contributed by atoms with Gasteiger partial charge < -0.3 is 15.4 Å². The van der Waals surface area contributed by atoms with E-state index in [-0.39, 0.29) is 6.04 Å². The number of aromatic amines is 1. The fourth-order valence-corrected chi connectivity index (χ4v) is 3.43. The third-order valence-corrected chi connectivity index (χ3v) is 4.91. The first-order valence-corrected chi connectivity index (χ1v) is 9.55. The summed E-state index contributed by atoms with van der Waals surface area (Å²) in [5, 5.41) is 12.5. The van der Waals surface area contributed by atoms with Crippen LogP contribution in [0.5, 0.6) is 11.5 Å². The van der Waals surface area contributed by atoms with Crippen LogP contribution in [0.25, 0.3) is 0 Å². The second-order valence-electron chi connectivity index (χ2n) is 7.16. The molecule has 0 aliphatic heterocycles. The van der Waals surface area contributed by atoms with Gasteiger partial charge in [0.2, 0.25) is 0 Å². The molecule has 4 rings (SSSR count). The van der Waals surface area contributed by atoms with E-state index >= 15 is 0 Å². The number of hydrogen-bond donors (Lipinski definition) is 3. The number of ether oxygens (including phenoxy) is 1. The summed E-state index contributed by atoms with van der Waals surface area (Å²) in [5.74, 6) is -0.246. The summed E-state index contributed by atoms with van der Waals surface area (Å²) in [4.78, 5) is 24.8. The molecule has 2 amide bonds. The quantitative estimate of drug-likeness (QED) is 0.597. The van der Waals surface area contributed by atoms with Gasteiger partial charge in [-0.1, -0.05) is 24.3 Å². The lowest BCUT2D eigenvalue weighted by Crippen LogP contribution is -2.44. The predicted octanol–water partition coefficient (Wildman–Crippen LogP) is 3.12. The molecule has 0 saturated carbocycles. The zero-order chi connectivity index (χ0) is 20.2. The van der Waals surface area contributed by atoms with Gasteiger partial charge in [-0.15, -0.1) is 0 Å². The minimum Gasteiger partial charge on any atom is -0.455 e. The maximum atomic E-state index is 12.4. The number of hydrogen-bond acceptors (Lipinski definition) is 4. The fourth-order valence-electron chi connectivity index (χ4n) is 3.43. The highest BCUT2D eigenvalue weighted by Gasteiger charge is 2.24. The Morgan fingerprint density at radius 1 is 1.14 bits per heavy atom. The van der Waals surface area contributed by atoms with Crippen LogP contribution in [-0.2, 0) is 22.4 Å². The van der Waals surface area contributed by atoms with E-state index in [1.165, 1.54) is 0 Å². The SMILES string of the molecule is Cc1cccc(Oc2ccccc2NC(=O)C(=O)NC2CCc3[nH]ncc3C2)c1. The van der Waals surface area contributed by atoms with Gasteiger partial charge in [0.15, 0.2) is 5.75 Å². The van der Waals surface area contributed by atoms with Crippen LogP contribution in [0, 0.1) is 6.92 Å². The largest absolute Gasteiger partial charge is 0.455 e. The van der Waals surface area contributed by atoms with Crippen LogP contribution in [0.15, 0.2) is 54.7 Å². The lowest BCUT2D eigenvalue weighted by molar-refractivity contribution is -0.136. The Bertz CT molecular complexity index is 1040. The molecule has 1 aliphatic rings. The number of benzene rings is 2. The average molecular weight is 390 g/mol. The van der Waals surface area contributed by atoms with Gasteiger partial charge in [0.1, 0.15) is 5.75 Å². The van der Waals surface area contributed by atoms with Crippen molar-refractivity contribution in [2.75, 3.05) is 5.32 Å². The maximum absolute atomic E-state index is 12.4. The highest BCUT2D eigenvalue weighted by molar-refractivity contribution is 6.39. The molecule has 0 bridgehead atoms. The van der Waals surface area contributed by atoms with Gasteiger partial charge in [0, 0.05) is 11.7 Å². The molecular formula is C22H22N4O3. The summed E-state index contributed by atoms with van der Waals surface area (Å²) < 4.78 is 5.89. The van der Waals surface area contributed by atoms with Gasteiger partial charge in [-0.25, -0.2) is 0 Å². The first-order chi connectivity index (χ1) is 14.1. The molecule has 3 N–H and O–H groups in total. The van der Waals surface area contributed by atoms with E-state index in [9.17, 15) is 9.59 Å². The molecule has 0 saturated heterocycles. The van der Waals surface area contributed by atoms with Crippen molar-refractivity contribution in [1.29, 1.82) is 0 Å². The molecule has 1 unspecified atom stereocenters. The van der Waals surface area contributed by atoms with Crippen LogP contribution in [0.1, 0.15) is 23.2 Å². The van der Waals surface area contributed by atoms with Crippen molar-refractivity contribution >= 4 is 17.5 Å². The smallest absolute Gasteiger partial charge is 0.313 e. The van der Waals surface area contributed by atoms with Crippen molar-refractivity contribution < 1.29 is 14.3 Å². The Morgan fingerprint density at radius 2 is 2.00 bits per heavy atom. The standard InChI is InChI=1S/C22H22N4O3/c1-14-5-4-6-17(11-14)29-20-8-3-2-7-19(20)25-22(28)21(27)24-16-9-10-18-15(12-16)13-23-26-18/h2-8,11,13,16H,9-10,12H2,1H3,(H,23,26)(H,24,27)(H,25,28). The first kappa shape index (κ1) is 18.7. The molecule has 0 radical (unpaired) electrons. The summed E-state index contributed by atoms with van der Waals surface area (Å²) in [7, 11) is 0. The maximum Gasteiger partial charge on any atom is 0.313 e. The van der Waals surface area contributed by atoms with Gasteiger partial charge in [-0.3, -0.25) is 14.7 Å². The van der Waals surface area contributed by atoms with E-state index in [0.29, 0.717) is 23.6 Å². The van der Waals surface area contributed by atoms with Crippen molar-refractivity contribution in [3.05, 3.63) is 71.5 Å². The molecule has 1 atom stereocenters. The molecule has 29 heavy (non-hydrogen) atoms. The van der Waals surface area contributed by atoms with E-state index < -0.39 is 11.8 Å². The van der Waals surface area contributed by atoms with Crippen molar-refractivity contribution in [3.63, 3.8) is 0 Å². The lowest BCUT2D eigenvalue weighted by atomic mass is 9.93. The minimum absolute atomic E-state index is 0.0860. The summed E-state index contributed by atoms with van der Waals surface area (Å²) in [6, 6.07) is 14.6. The predicted molar refractivity (Wildman–Crippen MR) is 109 cm³/mol. The second-order valence-corrected chi connectivity index (χ2v) is 7.16. The number of aryl methyl sites for hydroxylation is 2. The van der Waals surface area contributed by atoms with Crippen molar-refractivity contribution in [2.45, 2.75) is 32.2 Å². The molecule has 1 aliphatic carbocycles. The van der Waals surface area contributed by atoms with E-state index in [0.717, 1.165) is 29.7 Å². The highest BCUT2D eigenvalue weighted by atomic mass is 16.5. The Balaban J connectivity index is 1.40. The zero-order valence-corrected chi connectivity index (χ0v) is 16.1. The summed E-state index contributed by atoms with van der Waals surface area (Å²) in [6.07, 6.45) is 4.00. The van der Waals surface area contributed by atoms with Gasteiger partial charge in [0.25, 0.3) is 0 Å². The van der Waals surface area contributed by atoms with Gasteiger partial charge >= 0.3 is 11.8 Å². The Morgan fingerprint density at radius 3 is 2.86 bits per heavy atom. The van der Waals surface area contributed by atoms with Gasteiger partial charge in [-0.05, 0) is 61.6 Å². The molecule has 1 aromatic heterocycles. The van der Waals surface area contributed by atoms with E-state index in [4.69, 9.17) is 4.74 Å². The lowest BCUT2D eigenvalue weighted by Gasteiger charge is -2.22. The van der Waals surface area contributed by atoms with Gasteiger partial charge in [-0.2, -0.15) is 5.10 Å². The topological polar surface area (TPSA) is 96.1 Å². The summed E-state index contributed by atoms with van der Waals surface area (Å²) in [5.41, 5.74) is 3.69. The Kier molecular flexibility index (Phi) is 5.29.